The fourth-order valence-corrected chi connectivity index (χ4v) is 7.88. The highest BCUT2D eigenvalue weighted by molar-refractivity contribution is 7.95. The Morgan fingerprint density at radius 1 is 1.24 bits per heavy atom. The summed E-state index contributed by atoms with van der Waals surface area (Å²) in [6.07, 6.45) is 0.180. The summed E-state index contributed by atoms with van der Waals surface area (Å²) in [5, 5.41) is 13.9. The number of nitrogens with one attached hydrogen (secondary N) is 1. The molecule has 0 bridgehead atoms. The maximum absolute atomic E-state index is 16.1. The summed E-state index contributed by atoms with van der Waals surface area (Å²) >= 11 is 0. The van der Waals surface area contributed by atoms with Crippen molar-refractivity contribution in [2.24, 2.45) is 5.41 Å². The highest BCUT2D eigenvalue weighted by atomic mass is 32.2. The number of aromatic hydroxyl groups is 1. The Morgan fingerprint density at radius 2 is 1.95 bits per heavy atom. The average Bonchev–Trinajstić information content (AvgIpc) is 3.13. The predicted molar refractivity (Wildman–Crippen MR) is 153 cm³/mol. The molecule has 1 unspecified atom stereocenters. The van der Waals surface area contributed by atoms with Gasteiger partial charge < -0.3 is 19.6 Å². The van der Waals surface area contributed by atoms with E-state index in [0.717, 1.165) is 4.90 Å². The quantitative estimate of drug-likeness (QED) is 0.267. The summed E-state index contributed by atoms with van der Waals surface area (Å²) in [5.74, 6) is -4.23. The normalized spacial score (nSPS) is 18.9. The average molecular weight is 600 g/mol. The lowest BCUT2D eigenvalue weighted by atomic mass is 9.88. The van der Waals surface area contributed by atoms with Crippen LogP contribution in [0.5, 0.6) is 11.5 Å². The number of phenols is 1. The Morgan fingerprint density at radius 3 is 2.60 bits per heavy atom. The molecule has 0 spiro atoms. The number of ether oxygens (including phenoxy) is 1. The number of sulfone groups is 1. The monoisotopic (exact) mass is 599 g/mol. The van der Waals surface area contributed by atoms with Crippen LogP contribution >= 0.6 is 0 Å². The van der Waals surface area contributed by atoms with Gasteiger partial charge in [-0.2, -0.15) is 4.39 Å². The fraction of sp³-hybridized carbons (Fsp3) is 0.333. The molecule has 222 valence electrons. The van der Waals surface area contributed by atoms with Gasteiger partial charge in [0, 0.05) is 18.2 Å². The highest BCUT2D eigenvalue weighted by Gasteiger charge is 2.48. The number of rotatable bonds is 5. The number of phenolic OH excluding ortho intramolecular Hbond substituents is 1. The predicted octanol–water partition coefficient (Wildman–Crippen LogP) is 6.10. The molecule has 5 rings (SSSR count). The molecule has 3 aromatic rings. The zero-order valence-corrected chi connectivity index (χ0v) is 24.7. The lowest BCUT2D eigenvalue weighted by molar-refractivity contribution is 0.0974. The summed E-state index contributed by atoms with van der Waals surface area (Å²) in [6, 6.07) is 5.02. The van der Waals surface area contributed by atoms with Gasteiger partial charge in [-0.15, -0.1) is 0 Å². The molecular weight excluding hydrogens is 568 g/mol. The summed E-state index contributed by atoms with van der Waals surface area (Å²) in [4.78, 5) is 19.2. The standard InChI is InChI=1S/C30H31F2N3O6S/c1-15(2)13-40-22-11-10-18(23(31)24(22)32)27-28-19(12-30(5,6)14-42(28,38)39)34-26-20(8-7-9-21(26)36)35(27)29(37)25-16(3)41-17(4)33-25/h7-11,27,34,36H,1,12-14H2,2-6H3. The summed E-state index contributed by atoms with van der Waals surface area (Å²) in [5.41, 5.74) is -0.510. The van der Waals surface area contributed by atoms with E-state index in [0.29, 0.717) is 5.57 Å². The van der Waals surface area contributed by atoms with Gasteiger partial charge in [-0.05, 0) is 55.5 Å². The van der Waals surface area contributed by atoms with Crippen molar-refractivity contribution in [1.82, 2.24) is 4.98 Å². The van der Waals surface area contributed by atoms with Crippen LogP contribution in [-0.4, -0.2) is 36.8 Å². The highest BCUT2D eigenvalue weighted by Crippen LogP contribution is 2.52. The van der Waals surface area contributed by atoms with Crippen LogP contribution in [0.3, 0.4) is 0 Å². The van der Waals surface area contributed by atoms with Gasteiger partial charge in [0.05, 0.1) is 16.3 Å². The van der Waals surface area contributed by atoms with Gasteiger partial charge in [-0.25, -0.2) is 17.8 Å². The van der Waals surface area contributed by atoms with Crippen molar-refractivity contribution in [3.63, 3.8) is 0 Å². The summed E-state index contributed by atoms with van der Waals surface area (Å²) in [7, 11) is -4.19. The third kappa shape index (κ3) is 5.04. The second-order valence-electron chi connectivity index (χ2n) is 11.5. The molecule has 9 nitrogen and oxygen atoms in total. The van der Waals surface area contributed by atoms with Gasteiger partial charge in [0.25, 0.3) is 5.91 Å². The van der Waals surface area contributed by atoms with E-state index in [1.165, 1.54) is 44.2 Å². The second-order valence-corrected chi connectivity index (χ2v) is 13.4. The Kier molecular flexibility index (Phi) is 7.16. The first-order valence-electron chi connectivity index (χ1n) is 13.2. The van der Waals surface area contributed by atoms with Gasteiger partial charge in [0.15, 0.2) is 33.0 Å². The number of amides is 1. The van der Waals surface area contributed by atoms with Crippen molar-refractivity contribution in [1.29, 1.82) is 0 Å². The molecule has 1 atom stereocenters. The summed E-state index contributed by atoms with van der Waals surface area (Å²) < 4.78 is 70.5. The maximum Gasteiger partial charge on any atom is 0.281 e. The number of carbonyl (C=O) groups excluding carboxylic acids is 1. The Balaban J connectivity index is 1.85. The van der Waals surface area contributed by atoms with Crippen LogP contribution in [0.25, 0.3) is 0 Å². The molecule has 0 radical (unpaired) electrons. The zero-order chi connectivity index (χ0) is 30.7. The van der Waals surface area contributed by atoms with E-state index in [4.69, 9.17) is 9.15 Å². The fourth-order valence-electron chi connectivity index (χ4n) is 5.52. The Bertz CT molecular complexity index is 1780. The van der Waals surface area contributed by atoms with Gasteiger partial charge in [-0.1, -0.05) is 26.5 Å². The molecule has 12 heteroatoms. The molecule has 42 heavy (non-hydrogen) atoms. The lowest BCUT2D eigenvalue weighted by Gasteiger charge is -2.37. The number of allylic oxidation sites excluding steroid dienone is 1. The first-order chi connectivity index (χ1) is 19.6. The van der Waals surface area contributed by atoms with Gasteiger partial charge in [0.1, 0.15) is 29.8 Å². The molecule has 1 aromatic heterocycles. The topological polar surface area (TPSA) is 122 Å². The van der Waals surface area contributed by atoms with Crippen molar-refractivity contribution >= 4 is 27.1 Å². The van der Waals surface area contributed by atoms with Gasteiger partial charge >= 0.3 is 0 Å². The van der Waals surface area contributed by atoms with Crippen LogP contribution in [-0.2, 0) is 9.84 Å². The number of fused-ring (bicyclic) bond motifs is 1. The van der Waals surface area contributed by atoms with E-state index in [2.05, 4.69) is 16.9 Å². The lowest BCUT2D eigenvalue weighted by Crippen LogP contribution is -2.41. The van der Waals surface area contributed by atoms with E-state index in [9.17, 15) is 18.3 Å². The third-order valence-electron chi connectivity index (χ3n) is 7.10. The minimum Gasteiger partial charge on any atom is -0.506 e. The van der Waals surface area contributed by atoms with Crippen LogP contribution in [0.4, 0.5) is 20.2 Å². The SMILES string of the molecule is C=C(C)COc1ccc(C2C3=C(CC(C)(C)CS3(=O)=O)Nc3c(O)cccc3N2C(=O)c2nc(C)oc2C)c(F)c1F. The van der Waals surface area contributed by atoms with Crippen LogP contribution in [0.1, 0.15) is 60.9 Å². The zero-order valence-electron chi connectivity index (χ0n) is 23.8. The Hall–Kier alpha value is -4.19. The molecule has 2 aliphatic heterocycles. The molecule has 2 aliphatic rings. The van der Waals surface area contributed by atoms with Crippen LogP contribution < -0.4 is 15.0 Å². The number of benzene rings is 2. The number of hydrogen-bond donors (Lipinski definition) is 2. The minimum absolute atomic E-state index is 0.0360. The van der Waals surface area contributed by atoms with E-state index in [1.807, 2.05) is 0 Å². The second kappa shape index (κ2) is 10.3. The van der Waals surface area contributed by atoms with E-state index >= 15 is 8.78 Å². The summed E-state index contributed by atoms with van der Waals surface area (Å²) in [6.45, 7) is 11.9. The number of halogens is 2. The van der Waals surface area contributed by atoms with Crippen LogP contribution in [0.2, 0.25) is 0 Å². The van der Waals surface area contributed by atoms with Crippen molar-refractivity contribution in [2.75, 3.05) is 22.6 Å². The molecule has 2 aromatic carbocycles. The van der Waals surface area contributed by atoms with Gasteiger partial charge in [-0.3, -0.25) is 9.69 Å². The molecule has 0 saturated heterocycles. The third-order valence-corrected chi connectivity index (χ3v) is 9.40. The number of aryl methyl sites for hydroxylation is 2. The number of oxazole rings is 1. The minimum atomic E-state index is -4.19. The van der Waals surface area contributed by atoms with Crippen LogP contribution in [0.15, 0.2) is 57.5 Å². The molecule has 3 heterocycles. The van der Waals surface area contributed by atoms with Crippen molar-refractivity contribution in [3.8, 4) is 11.5 Å². The number of nitrogens with zero attached hydrogens (tertiary/aromatic N) is 2. The number of aromatic nitrogens is 1. The number of para-hydroxylation sites is 1. The van der Waals surface area contributed by atoms with Crippen molar-refractivity contribution in [3.05, 3.63) is 87.6 Å². The molecule has 0 saturated carbocycles. The molecule has 2 N–H and O–H groups in total. The smallest absolute Gasteiger partial charge is 0.281 e. The first kappa shape index (κ1) is 29.3. The maximum atomic E-state index is 16.1. The van der Waals surface area contributed by atoms with Crippen molar-refractivity contribution < 1.29 is 36.3 Å². The van der Waals surface area contributed by atoms with E-state index in [-0.39, 0.29) is 63.9 Å². The number of anilines is 2. The Labute approximate surface area is 242 Å². The van der Waals surface area contributed by atoms with Gasteiger partial charge in [0.2, 0.25) is 5.82 Å². The van der Waals surface area contributed by atoms with Crippen LogP contribution in [0, 0.1) is 30.9 Å². The first-order valence-corrected chi connectivity index (χ1v) is 14.8. The largest absolute Gasteiger partial charge is 0.506 e. The number of hydrogen-bond acceptors (Lipinski definition) is 8. The number of carbonyl (C=O) groups is 1. The molecule has 1 amide bonds. The van der Waals surface area contributed by atoms with E-state index in [1.54, 1.807) is 20.8 Å². The molecule has 0 aliphatic carbocycles. The molecule has 0 fully saturated rings. The molecular formula is C30H31F2N3O6S. The van der Waals surface area contributed by atoms with Crippen molar-refractivity contribution in [2.45, 2.75) is 47.1 Å². The van der Waals surface area contributed by atoms with E-state index < -0.39 is 50.1 Å².